The van der Waals surface area contributed by atoms with Crippen LogP contribution in [-0.4, -0.2) is 12.3 Å². The quantitative estimate of drug-likeness (QED) is 0.742. The summed E-state index contributed by atoms with van der Waals surface area (Å²) in [6.07, 6.45) is 1.69. The number of carbonyl (C=O) groups is 1. The van der Waals surface area contributed by atoms with Crippen molar-refractivity contribution in [3.8, 4) is 0 Å². The van der Waals surface area contributed by atoms with E-state index in [1.807, 2.05) is 44.2 Å². The van der Waals surface area contributed by atoms with Crippen LogP contribution in [0.5, 0.6) is 0 Å². The largest absolute Gasteiger partial charge is 0.306 e. The molecule has 0 spiro atoms. The van der Waals surface area contributed by atoms with Crippen LogP contribution in [0.3, 0.4) is 0 Å². The summed E-state index contributed by atoms with van der Waals surface area (Å²) in [4.78, 5) is 11.8. The Morgan fingerprint density at radius 3 is 2.56 bits per heavy atom. The van der Waals surface area contributed by atoms with Gasteiger partial charge in [0.05, 0.1) is 6.54 Å². The highest BCUT2D eigenvalue weighted by molar-refractivity contribution is 5.87. The lowest BCUT2D eigenvalue weighted by molar-refractivity contribution is -0.124. The van der Waals surface area contributed by atoms with E-state index in [0.29, 0.717) is 6.54 Å². The fourth-order valence-electron chi connectivity index (χ4n) is 1.26. The molecule has 0 amide bonds. The molecule has 0 unspecified atom stereocenters. The molecule has 16 heavy (non-hydrogen) atoms. The maximum atomic E-state index is 11.8. The lowest BCUT2D eigenvalue weighted by Crippen LogP contribution is -2.32. The third kappa shape index (κ3) is 3.63. The molecular formula is C14H19NO. The molecular weight excluding hydrogens is 198 g/mol. The first-order valence-electron chi connectivity index (χ1n) is 5.48. The van der Waals surface area contributed by atoms with Gasteiger partial charge in [0.1, 0.15) is 0 Å². The summed E-state index contributed by atoms with van der Waals surface area (Å²) in [5, 5.41) is 3.14. The van der Waals surface area contributed by atoms with E-state index in [9.17, 15) is 4.79 Å². The molecule has 0 fully saturated rings. The summed E-state index contributed by atoms with van der Waals surface area (Å²) in [5.74, 6) is 0.165. The van der Waals surface area contributed by atoms with Gasteiger partial charge < -0.3 is 5.32 Å². The van der Waals surface area contributed by atoms with E-state index in [0.717, 1.165) is 6.54 Å². The van der Waals surface area contributed by atoms with Crippen molar-refractivity contribution in [1.29, 1.82) is 0 Å². The molecule has 2 nitrogen and oxygen atoms in total. The first kappa shape index (κ1) is 12.7. The molecule has 0 atom stereocenters. The Labute approximate surface area is 97.4 Å². The molecule has 1 N–H and O–H groups in total. The molecule has 0 aliphatic rings. The highest BCUT2D eigenvalue weighted by Gasteiger charge is 2.22. The number of ketones is 1. The number of carbonyl (C=O) groups excluding carboxylic acids is 1. The van der Waals surface area contributed by atoms with Gasteiger partial charge in [0, 0.05) is 12.0 Å². The first-order valence-corrected chi connectivity index (χ1v) is 5.48. The molecule has 0 bridgehead atoms. The molecule has 86 valence electrons. The average molecular weight is 217 g/mol. The van der Waals surface area contributed by atoms with Crippen molar-refractivity contribution in [2.24, 2.45) is 5.41 Å². The van der Waals surface area contributed by atoms with Crippen molar-refractivity contribution in [1.82, 2.24) is 5.32 Å². The monoisotopic (exact) mass is 217 g/mol. The molecule has 1 aromatic rings. The molecule has 2 heteroatoms. The predicted molar refractivity (Wildman–Crippen MR) is 67.1 cm³/mol. The lowest BCUT2D eigenvalue weighted by Gasteiger charge is -2.18. The van der Waals surface area contributed by atoms with Gasteiger partial charge in [-0.25, -0.2) is 0 Å². The van der Waals surface area contributed by atoms with Crippen LogP contribution in [0, 0.1) is 5.41 Å². The van der Waals surface area contributed by atoms with Gasteiger partial charge in [0.2, 0.25) is 0 Å². The van der Waals surface area contributed by atoms with E-state index < -0.39 is 5.41 Å². The summed E-state index contributed by atoms with van der Waals surface area (Å²) in [7, 11) is 0. The Balaban J connectivity index is 2.37. The summed E-state index contributed by atoms with van der Waals surface area (Å²) < 4.78 is 0. The maximum Gasteiger partial charge on any atom is 0.155 e. The molecule has 0 aliphatic heterocycles. The Hall–Kier alpha value is -1.41. The second kappa shape index (κ2) is 5.61. The second-order valence-electron chi connectivity index (χ2n) is 4.44. The summed E-state index contributed by atoms with van der Waals surface area (Å²) in [6.45, 7) is 8.54. The van der Waals surface area contributed by atoms with E-state index in [1.54, 1.807) is 6.08 Å². The van der Waals surface area contributed by atoms with Crippen LogP contribution in [0.15, 0.2) is 43.0 Å². The van der Waals surface area contributed by atoms with Gasteiger partial charge in [-0.1, -0.05) is 36.4 Å². The van der Waals surface area contributed by atoms with Gasteiger partial charge in [-0.2, -0.15) is 0 Å². The third-order valence-electron chi connectivity index (χ3n) is 2.69. The molecule has 0 saturated heterocycles. The fourth-order valence-corrected chi connectivity index (χ4v) is 1.26. The highest BCUT2D eigenvalue weighted by atomic mass is 16.1. The van der Waals surface area contributed by atoms with Crippen LogP contribution < -0.4 is 5.32 Å². The van der Waals surface area contributed by atoms with Gasteiger partial charge in [0.25, 0.3) is 0 Å². The summed E-state index contributed by atoms with van der Waals surface area (Å²) in [5.41, 5.74) is 0.746. The number of hydrogen-bond acceptors (Lipinski definition) is 2. The second-order valence-corrected chi connectivity index (χ2v) is 4.44. The minimum absolute atomic E-state index is 0.165. The zero-order chi connectivity index (χ0) is 12.0. The average Bonchev–Trinajstić information content (AvgIpc) is 2.30. The molecule has 0 radical (unpaired) electrons. The third-order valence-corrected chi connectivity index (χ3v) is 2.69. The lowest BCUT2D eigenvalue weighted by atomic mass is 9.88. The first-order chi connectivity index (χ1) is 7.56. The van der Waals surface area contributed by atoms with Crippen LogP contribution in [0.25, 0.3) is 0 Å². The summed E-state index contributed by atoms with van der Waals surface area (Å²) in [6, 6.07) is 10.0. The number of benzene rings is 1. The molecule has 0 aromatic heterocycles. The Bertz CT molecular complexity index is 354. The topological polar surface area (TPSA) is 29.1 Å². The molecule has 1 rings (SSSR count). The zero-order valence-electron chi connectivity index (χ0n) is 9.99. The number of allylic oxidation sites excluding steroid dienone is 1. The van der Waals surface area contributed by atoms with E-state index in [-0.39, 0.29) is 5.78 Å². The predicted octanol–water partition coefficient (Wildman–Crippen LogP) is 2.56. The van der Waals surface area contributed by atoms with Crippen molar-refractivity contribution in [2.75, 3.05) is 6.54 Å². The SMILES string of the molecule is C=CC(C)(C)C(=O)CNCc1ccccc1. The van der Waals surface area contributed by atoms with Crippen LogP contribution in [0.1, 0.15) is 19.4 Å². The molecule has 1 aromatic carbocycles. The van der Waals surface area contributed by atoms with Crippen LogP contribution in [0.2, 0.25) is 0 Å². The van der Waals surface area contributed by atoms with Gasteiger partial charge in [-0.15, -0.1) is 6.58 Å². The van der Waals surface area contributed by atoms with E-state index in [2.05, 4.69) is 11.9 Å². The van der Waals surface area contributed by atoms with Gasteiger partial charge in [0.15, 0.2) is 5.78 Å². The van der Waals surface area contributed by atoms with E-state index in [4.69, 9.17) is 0 Å². The van der Waals surface area contributed by atoms with Crippen molar-refractivity contribution in [3.63, 3.8) is 0 Å². The van der Waals surface area contributed by atoms with E-state index in [1.165, 1.54) is 5.56 Å². The molecule has 0 aliphatic carbocycles. The minimum atomic E-state index is -0.441. The fraction of sp³-hybridized carbons (Fsp3) is 0.357. The number of nitrogens with one attached hydrogen (secondary N) is 1. The number of Topliss-reactive ketones (excluding diaryl/α,β-unsaturated/α-hetero) is 1. The zero-order valence-corrected chi connectivity index (χ0v) is 9.99. The summed E-state index contributed by atoms with van der Waals surface area (Å²) >= 11 is 0. The Kier molecular flexibility index (Phi) is 4.44. The normalized spacial score (nSPS) is 11.1. The smallest absolute Gasteiger partial charge is 0.155 e. The van der Waals surface area contributed by atoms with Crippen molar-refractivity contribution < 1.29 is 4.79 Å². The molecule has 0 heterocycles. The van der Waals surface area contributed by atoms with Gasteiger partial charge in [-0.05, 0) is 19.4 Å². The van der Waals surface area contributed by atoms with Crippen LogP contribution in [0.4, 0.5) is 0 Å². The highest BCUT2D eigenvalue weighted by Crippen LogP contribution is 2.16. The number of hydrogen-bond donors (Lipinski definition) is 1. The van der Waals surface area contributed by atoms with Crippen molar-refractivity contribution >= 4 is 5.78 Å². The minimum Gasteiger partial charge on any atom is -0.306 e. The Morgan fingerprint density at radius 1 is 1.38 bits per heavy atom. The van der Waals surface area contributed by atoms with Crippen LogP contribution in [-0.2, 0) is 11.3 Å². The van der Waals surface area contributed by atoms with E-state index >= 15 is 0 Å². The Morgan fingerprint density at radius 2 is 2.00 bits per heavy atom. The van der Waals surface area contributed by atoms with Gasteiger partial charge in [-0.3, -0.25) is 4.79 Å². The molecule has 0 saturated carbocycles. The van der Waals surface area contributed by atoms with Crippen LogP contribution >= 0.6 is 0 Å². The van der Waals surface area contributed by atoms with Crippen molar-refractivity contribution in [2.45, 2.75) is 20.4 Å². The van der Waals surface area contributed by atoms with Crippen molar-refractivity contribution in [3.05, 3.63) is 48.6 Å². The standard InChI is InChI=1S/C14H19NO/c1-4-14(2,3)13(16)11-15-10-12-8-6-5-7-9-12/h4-9,15H,1,10-11H2,2-3H3. The van der Waals surface area contributed by atoms with Gasteiger partial charge >= 0.3 is 0 Å². The maximum absolute atomic E-state index is 11.8. The number of rotatable bonds is 6.